The minimum Gasteiger partial charge on any atom is -0.384 e. The maximum absolute atomic E-state index is 5.32. The second kappa shape index (κ2) is 8.16. The van der Waals surface area contributed by atoms with Crippen molar-refractivity contribution in [2.24, 2.45) is 5.92 Å². The lowest BCUT2D eigenvalue weighted by Gasteiger charge is -2.24. The van der Waals surface area contributed by atoms with Gasteiger partial charge in [-0.3, -0.25) is 0 Å². The lowest BCUT2D eigenvalue weighted by molar-refractivity contribution is 0.144. The van der Waals surface area contributed by atoms with E-state index >= 15 is 0 Å². The van der Waals surface area contributed by atoms with Gasteiger partial charge in [-0.2, -0.15) is 0 Å². The number of hydrogen-bond donors (Lipinski definition) is 1. The molecular formula is C16H31NO. The van der Waals surface area contributed by atoms with Gasteiger partial charge in [0.15, 0.2) is 0 Å². The quantitative estimate of drug-likeness (QED) is 0.767. The Hall–Kier alpha value is -0.0800. The molecular weight excluding hydrogens is 222 g/mol. The standard InChI is InChI=1S/C16H31NO/c1-18-13-14-7-6-10-16(12-11-14)17-15-8-4-2-3-5-9-15/h14-17H,2-13H2,1H3/t14-,16-/m1/s1. The molecule has 2 nitrogen and oxygen atoms in total. The van der Waals surface area contributed by atoms with Crippen LogP contribution in [0.25, 0.3) is 0 Å². The van der Waals surface area contributed by atoms with Crippen molar-refractivity contribution in [2.75, 3.05) is 13.7 Å². The van der Waals surface area contributed by atoms with E-state index in [1.165, 1.54) is 70.6 Å². The van der Waals surface area contributed by atoms with Gasteiger partial charge in [-0.05, 0) is 44.4 Å². The van der Waals surface area contributed by atoms with Crippen LogP contribution < -0.4 is 5.32 Å². The second-order valence-electron chi connectivity index (χ2n) is 6.38. The maximum atomic E-state index is 5.32. The van der Waals surface area contributed by atoms with Gasteiger partial charge < -0.3 is 10.1 Å². The predicted octanol–water partition coefficient (Wildman–Crippen LogP) is 3.89. The van der Waals surface area contributed by atoms with Gasteiger partial charge in [0.25, 0.3) is 0 Å². The highest BCUT2D eigenvalue weighted by atomic mass is 16.5. The molecule has 2 heteroatoms. The topological polar surface area (TPSA) is 21.3 Å². The van der Waals surface area contributed by atoms with Gasteiger partial charge in [0.2, 0.25) is 0 Å². The Kier molecular flexibility index (Phi) is 6.50. The Bertz CT molecular complexity index is 211. The van der Waals surface area contributed by atoms with Crippen LogP contribution in [0.15, 0.2) is 0 Å². The Balaban J connectivity index is 1.72. The van der Waals surface area contributed by atoms with Crippen LogP contribution in [0, 0.1) is 5.92 Å². The van der Waals surface area contributed by atoms with Crippen LogP contribution in [0.3, 0.4) is 0 Å². The normalized spacial score (nSPS) is 31.8. The highest BCUT2D eigenvalue weighted by molar-refractivity contribution is 4.80. The summed E-state index contributed by atoms with van der Waals surface area (Å²) in [7, 11) is 1.84. The fraction of sp³-hybridized carbons (Fsp3) is 1.00. The number of ether oxygens (including phenoxy) is 1. The first-order chi connectivity index (χ1) is 8.88. The lowest BCUT2D eigenvalue weighted by Crippen LogP contribution is -2.37. The molecule has 0 aromatic heterocycles. The zero-order valence-corrected chi connectivity index (χ0v) is 12.1. The van der Waals surface area contributed by atoms with E-state index < -0.39 is 0 Å². The van der Waals surface area contributed by atoms with Gasteiger partial charge in [-0.15, -0.1) is 0 Å². The first-order valence-electron chi connectivity index (χ1n) is 8.13. The molecule has 0 aliphatic heterocycles. The summed E-state index contributed by atoms with van der Waals surface area (Å²) in [5.41, 5.74) is 0. The second-order valence-corrected chi connectivity index (χ2v) is 6.38. The molecule has 2 saturated carbocycles. The van der Waals surface area contributed by atoms with Crippen molar-refractivity contribution in [3.63, 3.8) is 0 Å². The summed E-state index contributed by atoms with van der Waals surface area (Å²) in [6.07, 6.45) is 15.5. The van der Waals surface area contributed by atoms with E-state index in [0.29, 0.717) is 0 Å². The number of nitrogens with one attached hydrogen (secondary N) is 1. The van der Waals surface area contributed by atoms with Gasteiger partial charge in [-0.1, -0.05) is 32.1 Å². The van der Waals surface area contributed by atoms with Crippen LogP contribution in [0.5, 0.6) is 0 Å². The molecule has 0 radical (unpaired) electrons. The lowest BCUT2D eigenvalue weighted by atomic mass is 10.0. The fourth-order valence-corrected chi connectivity index (χ4v) is 3.73. The van der Waals surface area contributed by atoms with Crippen LogP contribution in [-0.4, -0.2) is 25.8 Å². The smallest absolute Gasteiger partial charge is 0.0490 e. The first-order valence-corrected chi connectivity index (χ1v) is 8.13. The highest BCUT2D eigenvalue weighted by Crippen LogP contribution is 2.25. The van der Waals surface area contributed by atoms with Crippen molar-refractivity contribution in [3.8, 4) is 0 Å². The SMILES string of the molecule is COC[C@@H]1CCC[C@@H](NC2CCCCCC2)CC1. The van der Waals surface area contributed by atoms with Gasteiger partial charge >= 0.3 is 0 Å². The fourth-order valence-electron chi connectivity index (χ4n) is 3.73. The van der Waals surface area contributed by atoms with E-state index in [1.807, 2.05) is 7.11 Å². The zero-order valence-electron chi connectivity index (χ0n) is 12.1. The van der Waals surface area contributed by atoms with Gasteiger partial charge in [0.05, 0.1) is 0 Å². The molecule has 0 saturated heterocycles. The molecule has 0 heterocycles. The minimum absolute atomic E-state index is 0.787. The molecule has 1 N–H and O–H groups in total. The molecule has 2 fully saturated rings. The van der Waals surface area contributed by atoms with Crippen molar-refractivity contribution in [1.29, 1.82) is 0 Å². The summed E-state index contributed by atoms with van der Waals surface area (Å²) >= 11 is 0. The average Bonchev–Trinajstić information content (AvgIpc) is 2.74. The van der Waals surface area contributed by atoms with Crippen molar-refractivity contribution in [3.05, 3.63) is 0 Å². The Morgan fingerprint density at radius 1 is 0.778 bits per heavy atom. The summed E-state index contributed by atoms with van der Waals surface area (Å²) in [4.78, 5) is 0. The molecule has 0 amide bonds. The Labute approximate surface area is 113 Å². The van der Waals surface area contributed by atoms with E-state index in [0.717, 1.165) is 24.6 Å². The van der Waals surface area contributed by atoms with Gasteiger partial charge in [0, 0.05) is 25.8 Å². The van der Waals surface area contributed by atoms with Crippen LogP contribution >= 0.6 is 0 Å². The highest BCUT2D eigenvalue weighted by Gasteiger charge is 2.21. The molecule has 2 rings (SSSR count). The van der Waals surface area contributed by atoms with Crippen molar-refractivity contribution in [2.45, 2.75) is 82.7 Å². The molecule has 18 heavy (non-hydrogen) atoms. The molecule has 0 spiro atoms. The molecule has 0 unspecified atom stereocenters. The third kappa shape index (κ3) is 4.89. The minimum atomic E-state index is 0.787. The average molecular weight is 253 g/mol. The summed E-state index contributed by atoms with van der Waals surface area (Å²) in [6, 6.07) is 1.60. The first kappa shape index (κ1) is 14.3. The third-order valence-electron chi connectivity index (χ3n) is 4.82. The molecule has 0 aromatic rings. The number of hydrogen-bond acceptors (Lipinski definition) is 2. The van der Waals surface area contributed by atoms with E-state index in [9.17, 15) is 0 Å². The number of rotatable bonds is 4. The van der Waals surface area contributed by atoms with E-state index in [4.69, 9.17) is 4.74 Å². The van der Waals surface area contributed by atoms with Gasteiger partial charge in [0.1, 0.15) is 0 Å². The molecule has 0 aromatic carbocycles. The molecule has 0 bridgehead atoms. The summed E-state index contributed by atoms with van der Waals surface area (Å²) in [6.45, 7) is 0.968. The summed E-state index contributed by atoms with van der Waals surface area (Å²) in [5.74, 6) is 0.816. The number of methoxy groups -OCH3 is 1. The van der Waals surface area contributed by atoms with Crippen LogP contribution in [-0.2, 0) is 4.74 Å². The van der Waals surface area contributed by atoms with Crippen molar-refractivity contribution in [1.82, 2.24) is 5.32 Å². The maximum Gasteiger partial charge on any atom is 0.0490 e. The van der Waals surface area contributed by atoms with Gasteiger partial charge in [-0.25, -0.2) is 0 Å². The summed E-state index contributed by atoms with van der Waals surface area (Å²) < 4.78 is 5.32. The third-order valence-corrected chi connectivity index (χ3v) is 4.82. The summed E-state index contributed by atoms with van der Waals surface area (Å²) in [5, 5.41) is 3.96. The monoisotopic (exact) mass is 253 g/mol. The van der Waals surface area contributed by atoms with Crippen molar-refractivity contribution >= 4 is 0 Å². The van der Waals surface area contributed by atoms with Crippen molar-refractivity contribution < 1.29 is 4.74 Å². The predicted molar refractivity (Wildman–Crippen MR) is 76.9 cm³/mol. The zero-order chi connectivity index (χ0) is 12.6. The largest absolute Gasteiger partial charge is 0.384 e. The molecule has 2 atom stereocenters. The van der Waals surface area contributed by atoms with Crippen LogP contribution in [0.4, 0.5) is 0 Å². The Morgan fingerprint density at radius 3 is 2.17 bits per heavy atom. The van der Waals surface area contributed by atoms with E-state index in [2.05, 4.69) is 5.32 Å². The van der Waals surface area contributed by atoms with E-state index in [-0.39, 0.29) is 0 Å². The van der Waals surface area contributed by atoms with Crippen LogP contribution in [0.1, 0.15) is 70.6 Å². The van der Waals surface area contributed by atoms with Crippen LogP contribution in [0.2, 0.25) is 0 Å². The molecule has 2 aliphatic rings. The molecule has 2 aliphatic carbocycles. The molecule has 106 valence electrons. The van der Waals surface area contributed by atoms with E-state index in [1.54, 1.807) is 0 Å². The Morgan fingerprint density at radius 2 is 1.44 bits per heavy atom.